The quantitative estimate of drug-likeness (QED) is 0.844. The topological polar surface area (TPSA) is 87.7 Å². The van der Waals surface area contributed by atoms with Gasteiger partial charge in [0.15, 0.2) is 0 Å². The highest BCUT2D eigenvalue weighted by Crippen LogP contribution is 2.10. The van der Waals surface area contributed by atoms with Crippen molar-refractivity contribution in [1.29, 1.82) is 0 Å². The zero-order valence-corrected chi connectivity index (χ0v) is 13.5. The van der Waals surface area contributed by atoms with Gasteiger partial charge >= 0.3 is 6.03 Å². The van der Waals surface area contributed by atoms with E-state index in [2.05, 4.69) is 10.0 Å². The Bertz CT molecular complexity index is 615. The van der Waals surface area contributed by atoms with Gasteiger partial charge in [-0.2, -0.15) is 0 Å². The maximum Gasteiger partial charge on any atom is 0.317 e. The average molecular weight is 327 g/mol. The van der Waals surface area contributed by atoms with Gasteiger partial charge in [-0.15, -0.1) is 0 Å². The summed E-state index contributed by atoms with van der Waals surface area (Å²) in [4.78, 5) is 14.0. The molecule has 2 N–H and O–H groups in total. The fourth-order valence-corrected chi connectivity index (χ4v) is 2.93. The van der Waals surface area contributed by atoms with Gasteiger partial charge in [-0.25, -0.2) is 17.9 Å². The van der Waals surface area contributed by atoms with E-state index in [1.807, 2.05) is 6.92 Å². The minimum absolute atomic E-state index is 0.0468. The van der Waals surface area contributed by atoms with Gasteiger partial charge in [-0.1, -0.05) is 12.1 Å². The van der Waals surface area contributed by atoms with Gasteiger partial charge in [0.1, 0.15) is 0 Å². The fraction of sp³-hybridized carbons (Fsp3) is 0.500. The molecule has 0 bridgehead atoms. The molecule has 1 saturated heterocycles. The monoisotopic (exact) mass is 327 g/mol. The third-order valence-electron chi connectivity index (χ3n) is 3.47. The fourth-order valence-electron chi connectivity index (χ4n) is 2.20. The lowest BCUT2D eigenvalue weighted by Gasteiger charge is -2.31. The van der Waals surface area contributed by atoms with Crippen molar-refractivity contribution in [3.63, 3.8) is 0 Å². The molecule has 0 spiro atoms. The van der Waals surface area contributed by atoms with E-state index in [0.29, 0.717) is 26.2 Å². The van der Waals surface area contributed by atoms with E-state index in [0.717, 1.165) is 5.56 Å². The van der Waals surface area contributed by atoms with E-state index in [9.17, 15) is 13.2 Å². The molecule has 1 aromatic rings. The van der Waals surface area contributed by atoms with Crippen molar-refractivity contribution in [3.8, 4) is 0 Å². The minimum Gasteiger partial charge on any atom is -0.375 e. The highest BCUT2D eigenvalue weighted by Gasteiger charge is 2.20. The zero-order valence-electron chi connectivity index (χ0n) is 12.7. The Hall–Kier alpha value is -1.64. The summed E-state index contributed by atoms with van der Waals surface area (Å²) in [6, 6.07) is 6.27. The van der Waals surface area contributed by atoms with Crippen LogP contribution >= 0.6 is 0 Å². The Labute approximate surface area is 130 Å². The normalized spacial score (nSPS) is 19.0. The number of hydrogen-bond donors (Lipinski definition) is 2. The van der Waals surface area contributed by atoms with Gasteiger partial charge in [0.25, 0.3) is 0 Å². The van der Waals surface area contributed by atoms with Crippen LogP contribution in [0.3, 0.4) is 0 Å². The SMILES string of the molecule is CNS(=O)(=O)c1ccc(CNC(=O)N2CCO[C@H](C)C2)cc1. The third kappa shape index (κ3) is 4.19. The Morgan fingerprint density at radius 3 is 2.64 bits per heavy atom. The first kappa shape index (κ1) is 16.7. The summed E-state index contributed by atoms with van der Waals surface area (Å²) in [6.07, 6.45) is 0.0468. The molecule has 1 atom stereocenters. The highest BCUT2D eigenvalue weighted by atomic mass is 32.2. The number of carbonyl (C=O) groups is 1. The van der Waals surface area contributed by atoms with Gasteiger partial charge in [0.05, 0.1) is 17.6 Å². The van der Waals surface area contributed by atoms with Crippen LogP contribution in [0.2, 0.25) is 0 Å². The van der Waals surface area contributed by atoms with E-state index < -0.39 is 10.0 Å². The average Bonchev–Trinajstić information content (AvgIpc) is 2.53. The van der Waals surface area contributed by atoms with Crippen LogP contribution in [-0.4, -0.2) is 52.2 Å². The lowest BCUT2D eigenvalue weighted by molar-refractivity contribution is -0.00351. The van der Waals surface area contributed by atoms with Crippen molar-refractivity contribution >= 4 is 16.1 Å². The van der Waals surface area contributed by atoms with Crippen molar-refractivity contribution in [2.45, 2.75) is 24.5 Å². The summed E-state index contributed by atoms with van der Waals surface area (Å²) in [6.45, 7) is 3.98. The molecule has 0 unspecified atom stereocenters. The number of morpholine rings is 1. The van der Waals surface area contributed by atoms with Crippen molar-refractivity contribution in [3.05, 3.63) is 29.8 Å². The number of sulfonamides is 1. The summed E-state index contributed by atoms with van der Waals surface area (Å²) >= 11 is 0. The lowest BCUT2D eigenvalue weighted by Crippen LogP contribution is -2.48. The first-order chi connectivity index (χ1) is 10.4. The van der Waals surface area contributed by atoms with Crippen LogP contribution in [0.1, 0.15) is 12.5 Å². The zero-order chi connectivity index (χ0) is 16.2. The summed E-state index contributed by atoms with van der Waals surface area (Å²) < 4.78 is 30.9. The standard InChI is InChI=1S/C14H21N3O4S/c1-11-10-17(7-8-21-11)14(18)16-9-12-3-5-13(6-4-12)22(19,20)15-2/h3-6,11,15H,7-10H2,1-2H3,(H,16,18)/t11-/m1/s1. The predicted octanol–water partition coefficient (Wildman–Crippen LogP) is 0.525. The molecule has 2 amide bonds. The highest BCUT2D eigenvalue weighted by molar-refractivity contribution is 7.89. The van der Waals surface area contributed by atoms with E-state index in [1.165, 1.54) is 19.2 Å². The maximum atomic E-state index is 12.0. The van der Waals surface area contributed by atoms with Crippen LogP contribution < -0.4 is 10.0 Å². The Kier molecular flexibility index (Phi) is 5.38. The number of ether oxygens (including phenoxy) is 1. The Morgan fingerprint density at radius 1 is 1.36 bits per heavy atom. The Balaban J connectivity index is 1.90. The molecule has 1 heterocycles. The summed E-state index contributed by atoms with van der Waals surface area (Å²) in [5, 5.41) is 2.83. The van der Waals surface area contributed by atoms with Crippen LogP contribution in [0.25, 0.3) is 0 Å². The van der Waals surface area contributed by atoms with E-state index in [4.69, 9.17) is 4.74 Å². The first-order valence-corrected chi connectivity index (χ1v) is 8.57. The number of amides is 2. The van der Waals surface area contributed by atoms with E-state index in [1.54, 1.807) is 17.0 Å². The molecule has 1 aromatic carbocycles. The largest absolute Gasteiger partial charge is 0.375 e. The number of rotatable bonds is 4. The van der Waals surface area contributed by atoms with Crippen LogP contribution in [0, 0.1) is 0 Å². The summed E-state index contributed by atoms with van der Waals surface area (Å²) in [5.74, 6) is 0. The van der Waals surface area contributed by atoms with Crippen molar-refractivity contribution < 1.29 is 17.9 Å². The molecule has 0 saturated carbocycles. The summed E-state index contributed by atoms with van der Waals surface area (Å²) in [7, 11) is -2.06. The second-order valence-corrected chi connectivity index (χ2v) is 7.02. The molecule has 8 heteroatoms. The molecule has 7 nitrogen and oxygen atoms in total. The first-order valence-electron chi connectivity index (χ1n) is 7.09. The maximum absolute atomic E-state index is 12.0. The molecular formula is C14H21N3O4S. The molecule has 0 aliphatic carbocycles. The van der Waals surface area contributed by atoms with E-state index in [-0.39, 0.29) is 17.0 Å². The van der Waals surface area contributed by atoms with Crippen LogP contribution in [-0.2, 0) is 21.3 Å². The van der Waals surface area contributed by atoms with Gasteiger partial charge in [0, 0.05) is 19.6 Å². The van der Waals surface area contributed by atoms with Gasteiger partial charge in [0.2, 0.25) is 10.0 Å². The number of benzene rings is 1. The smallest absolute Gasteiger partial charge is 0.317 e. The van der Waals surface area contributed by atoms with Crippen molar-refractivity contribution in [2.75, 3.05) is 26.7 Å². The van der Waals surface area contributed by atoms with Crippen LogP contribution in [0.15, 0.2) is 29.2 Å². The lowest BCUT2D eigenvalue weighted by atomic mass is 10.2. The van der Waals surface area contributed by atoms with Gasteiger partial charge < -0.3 is 15.0 Å². The number of nitrogens with zero attached hydrogens (tertiary/aromatic N) is 1. The molecule has 0 radical (unpaired) electrons. The predicted molar refractivity (Wildman–Crippen MR) is 81.9 cm³/mol. The molecular weight excluding hydrogens is 306 g/mol. The van der Waals surface area contributed by atoms with Crippen LogP contribution in [0.4, 0.5) is 4.79 Å². The Morgan fingerprint density at radius 2 is 2.05 bits per heavy atom. The number of carbonyl (C=O) groups excluding carboxylic acids is 1. The summed E-state index contributed by atoms with van der Waals surface area (Å²) in [5.41, 5.74) is 0.838. The molecule has 1 aliphatic rings. The molecule has 122 valence electrons. The molecule has 0 aromatic heterocycles. The molecule has 1 aliphatic heterocycles. The molecule has 22 heavy (non-hydrogen) atoms. The number of urea groups is 1. The second-order valence-electron chi connectivity index (χ2n) is 5.14. The van der Waals surface area contributed by atoms with Crippen molar-refractivity contribution in [2.24, 2.45) is 0 Å². The molecule has 2 rings (SSSR count). The minimum atomic E-state index is -3.43. The van der Waals surface area contributed by atoms with Crippen LogP contribution in [0.5, 0.6) is 0 Å². The van der Waals surface area contributed by atoms with Gasteiger partial charge in [-0.05, 0) is 31.7 Å². The van der Waals surface area contributed by atoms with Crippen molar-refractivity contribution in [1.82, 2.24) is 14.9 Å². The van der Waals surface area contributed by atoms with E-state index >= 15 is 0 Å². The third-order valence-corrected chi connectivity index (χ3v) is 4.90. The number of nitrogens with one attached hydrogen (secondary N) is 2. The second kappa shape index (κ2) is 7.08. The number of hydrogen-bond acceptors (Lipinski definition) is 4. The van der Waals surface area contributed by atoms with Gasteiger partial charge in [-0.3, -0.25) is 0 Å². The molecule has 1 fully saturated rings.